The Morgan fingerprint density at radius 3 is 3.08 bits per heavy atom. The predicted molar refractivity (Wildman–Crippen MR) is 42.7 cm³/mol. The lowest BCUT2D eigenvalue weighted by molar-refractivity contribution is 0.223. The highest BCUT2D eigenvalue weighted by atomic mass is 32.1. The fourth-order valence-electron chi connectivity index (χ4n) is 0.890. The van der Waals surface area contributed by atoms with Crippen molar-refractivity contribution in [2.75, 3.05) is 0 Å². The Kier molecular flexibility index (Phi) is 1.89. The second-order valence-electron chi connectivity index (χ2n) is 2.28. The molecule has 0 aliphatic rings. The molecule has 0 aliphatic heterocycles. The highest BCUT2D eigenvalue weighted by Crippen LogP contribution is 2.23. The van der Waals surface area contributed by atoms with Crippen molar-refractivity contribution in [3.8, 4) is 0 Å². The van der Waals surface area contributed by atoms with E-state index in [0.29, 0.717) is 0 Å². The number of rotatable bonds is 2. The summed E-state index contributed by atoms with van der Waals surface area (Å²) in [5.41, 5.74) is 0.723. The maximum absolute atomic E-state index is 9.64. The summed E-state index contributed by atoms with van der Waals surface area (Å²) in [5, 5.41) is 13.3. The molecule has 2 aromatic heterocycles. The van der Waals surface area contributed by atoms with E-state index in [1.165, 1.54) is 24.1 Å². The molecule has 0 aromatic carbocycles. The Labute approximate surface area is 72.6 Å². The maximum atomic E-state index is 9.64. The number of nitrogens with zero attached hydrogens (tertiary/aromatic N) is 2. The molecule has 1 N–H and O–H groups in total. The monoisotopic (exact) mass is 182 g/mol. The molecule has 4 nitrogen and oxygen atoms in total. The van der Waals surface area contributed by atoms with Crippen molar-refractivity contribution in [3.63, 3.8) is 0 Å². The van der Waals surface area contributed by atoms with Gasteiger partial charge in [-0.2, -0.15) is 0 Å². The molecule has 12 heavy (non-hydrogen) atoms. The van der Waals surface area contributed by atoms with Crippen LogP contribution in [0.25, 0.3) is 0 Å². The lowest BCUT2D eigenvalue weighted by atomic mass is 10.2. The van der Waals surface area contributed by atoms with Gasteiger partial charge in [0.25, 0.3) is 0 Å². The molecule has 0 aliphatic carbocycles. The minimum atomic E-state index is -0.663. The number of aliphatic hydroxyl groups excluding tert-OH is 1. The van der Waals surface area contributed by atoms with E-state index in [1.807, 2.05) is 0 Å². The molecule has 2 aromatic rings. The standard InChI is InChI=1S/C7H6N2O2S/c10-7(5-1-2-11-4-5)6-3-8-9-12-6/h1-4,7,10H. The van der Waals surface area contributed by atoms with Crippen molar-refractivity contribution in [1.82, 2.24) is 9.59 Å². The summed E-state index contributed by atoms with van der Waals surface area (Å²) in [7, 11) is 0. The zero-order valence-electron chi connectivity index (χ0n) is 6.04. The number of hydrogen-bond acceptors (Lipinski definition) is 5. The molecular formula is C7H6N2O2S. The van der Waals surface area contributed by atoms with Crippen LogP contribution in [0.4, 0.5) is 0 Å². The Hall–Kier alpha value is -1.20. The average Bonchev–Trinajstić information content (AvgIpc) is 2.77. The number of aliphatic hydroxyl groups is 1. The molecule has 0 radical (unpaired) electrons. The quantitative estimate of drug-likeness (QED) is 0.758. The molecule has 0 spiro atoms. The summed E-state index contributed by atoms with van der Waals surface area (Å²) >= 11 is 1.18. The first-order valence-electron chi connectivity index (χ1n) is 3.35. The summed E-state index contributed by atoms with van der Waals surface area (Å²) in [5.74, 6) is 0. The topological polar surface area (TPSA) is 59.2 Å². The van der Waals surface area contributed by atoms with Crippen LogP contribution in [0.5, 0.6) is 0 Å². The molecule has 0 saturated heterocycles. The molecule has 0 fully saturated rings. The third-order valence-electron chi connectivity index (χ3n) is 1.51. The molecule has 1 unspecified atom stereocenters. The van der Waals surface area contributed by atoms with Gasteiger partial charge in [0.2, 0.25) is 0 Å². The van der Waals surface area contributed by atoms with Crippen LogP contribution >= 0.6 is 11.5 Å². The van der Waals surface area contributed by atoms with Gasteiger partial charge in [-0.3, -0.25) is 0 Å². The van der Waals surface area contributed by atoms with E-state index in [2.05, 4.69) is 9.59 Å². The third-order valence-corrected chi connectivity index (χ3v) is 2.22. The van der Waals surface area contributed by atoms with Crippen LogP contribution in [-0.2, 0) is 0 Å². The lowest BCUT2D eigenvalue weighted by Crippen LogP contribution is -1.93. The molecule has 62 valence electrons. The van der Waals surface area contributed by atoms with Crippen LogP contribution in [0.1, 0.15) is 16.5 Å². The Morgan fingerprint density at radius 1 is 1.58 bits per heavy atom. The second kappa shape index (κ2) is 3.04. The fourth-order valence-corrected chi connectivity index (χ4v) is 1.41. The molecular weight excluding hydrogens is 176 g/mol. The zero-order valence-corrected chi connectivity index (χ0v) is 6.86. The molecule has 2 heterocycles. The fraction of sp³-hybridized carbons (Fsp3) is 0.143. The summed E-state index contributed by atoms with van der Waals surface area (Å²) in [6.07, 6.45) is 3.91. The van der Waals surface area contributed by atoms with E-state index in [9.17, 15) is 5.11 Å². The van der Waals surface area contributed by atoms with Gasteiger partial charge in [-0.15, -0.1) is 5.10 Å². The van der Waals surface area contributed by atoms with Gasteiger partial charge >= 0.3 is 0 Å². The van der Waals surface area contributed by atoms with Crippen LogP contribution < -0.4 is 0 Å². The smallest absolute Gasteiger partial charge is 0.119 e. The number of aromatic nitrogens is 2. The Bertz CT molecular complexity index is 296. The largest absolute Gasteiger partial charge is 0.472 e. The Balaban J connectivity index is 2.27. The number of hydrogen-bond donors (Lipinski definition) is 1. The first-order valence-corrected chi connectivity index (χ1v) is 4.12. The first-order chi connectivity index (χ1) is 5.88. The summed E-state index contributed by atoms with van der Waals surface area (Å²) in [6, 6.07) is 1.71. The van der Waals surface area contributed by atoms with Crippen molar-refractivity contribution < 1.29 is 9.52 Å². The van der Waals surface area contributed by atoms with E-state index < -0.39 is 6.10 Å². The van der Waals surface area contributed by atoms with E-state index in [4.69, 9.17) is 4.42 Å². The zero-order chi connectivity index (χ0) is 8.39. The van der Waals surface area contributed by atoms with Crippen molar-refractivity contribution in [2.24, 2.45) is 0 Å². The summed E-state index contributed by atoms with van der Waals surface area (Å²) < 4.78 is 8.49. The van der Waals surface area contributed by atoms with Gasteiger partial charge in [0.15, 0.2) is 0 Å². The molecule has 0 amide bonds. The minimum Gasteiger partial charge on any atom is -0.472 e. The molecule has 5 heteroatoms. The predicted octanol–water partition coefficient (Wildman–Crippen LogP) is 1.21. The van der Waals surface area contributed by atoms with Crippen LogP contribution in [0, 0.1) is 0 Å². The molecule has 2 rings (SSSR count). The van der Waals surface area contributed by atoms with Gasteiger partial charge in [-0.25, -0.2) is 0 Å². The molecule has 1 atom stereocenters. The third kappa shape index (κ3) is 1.24. The van der Waals surface area contributed by atoms with Crippen molar-refractivity contribution in [1.29, 1.82) is 0 Å². The van der Waals surface area contributed by atoms with Gasteiger partial charge < -0.3 is 9.52 Å². The van der Waals surface area contributed by atoms with Gasteiger partial charge in [-0.05, 0) is 17.6 Å². The van der Waals surface area contributed by atoms with Gasteiger partial charge in [-0.1, -0.05) is 4.49 Å². The minimum absolute atomic E-state index is 0.663. The van der Waals surface area contributed by atoms with Gasteiger partial charge in [0, 0.05) is 5.56 Å². The molecule has 0 bridgehead atoms. The van der Waals surface area contributed by atoms with Crippen molar-refractivity contribution in [3.05, 3.63) is 35.2 Å². The summed E-state index contributed by atoms with van der Waals surface area (Å²) in [6.45, 7) is 0. The van der Waals surface area contributed by atoms with E-state index in [0.717, 1.165) is 10.4 Å². The SMILES string of the molecule is OC(c1ccoc1)c1cnns1. The normalized spacial score (nSPS) is 13.1. The van der Waals surface area contributed by atoms with E-state index >= 15 is 0 Å². The van der Waals surface area contributed by atoms with E-state index in [1.54, 1.807) is 12.3 Å². The lowest BCUT2D eigenvalue weighted by Gasteiger charge is -2.01. The van der Waals surface area contributed by atoms with Crippen LogP contribution in [0.3, 0.4) is 0 Å². The van der Waals surface area contributed by atoms with Crippen molar-refractivity contribution in [2.45, 2.75) is 6.10 Å². The maximum Gasteiger partial charge on any atom is 0.119 e. The summed E-state index contributed by atoms with van der Waals surface area (Å²) in [4.78, 5) is 0.719. The second-order valence-corrected chi connectivity index (χ2v) is 3.10. The highest BCUT2D eigenvalue weighted by Gasteiger charge is 2.13. The van der Waals surface area contributed by atoms with Crippen molar-refractivity contribution >= 4 is 11.5 Å². The van der Waals surface area contributed by atoms with Crippen LogP contribution in [-0.4, -0.2) is 14.7 Å². The van der Waals surface area contributed by atoms with E-state index in [-0.39, 0.29) is 0 Å². The van der Waals surface area contributed by atoms with Crippen LogP contribution in [0.15, 0.2) is 29.2 Å². The average molecular weight is 182 g/mol. The first kappa shape index (κ1) is 7.45. The van der Waals surface area contributed by atoms with Crippen LogP contribution in [0.2, 0.25) is 0 Å². The number of furan rings is 1. The Morgan fingerprint density at radius 2 is 2.50 bits per heavy atom. The van der Waals surface area contributed by atoms with Gasteiger partial charge in [0.1, 0.15) is 6.10 Å². The molecule has 0 saturated carbocycles. The highest BCUT2D eigenvalue weighted by molar-refractivity contribution is 7.05. The van der Waals surface area contributed by atoms with Gasteiger partial charge in [0.05, 0.1) is 23.6 Å².